The van der Waals surface area contributed by atoms with Gasteiger partial charge in [-0.2, -0.15) is 0 Å². The largest absolute Gasteiger partial charge is 0.376 e. The van der Waals surface area contributed by atoms with Crippen LogP contribution in [0.5, 0.6) is 0 Å². The summed E-state index contributed by atoms with van der Waals surface area (Å²) in [5.74, 6) is -0.213. The first-order valence-corrected chi connectivity index (χ1v) is 7.89. The molecule has 0 heterocycles. The van der Waals surface area contributed by atoms with Crippen LogP contribution in [-0.2, 0) is 9.59 Å². The van der Waals surface area contributed by atoms with E-state index in [1.54, 1.807) is 37.4 Å². The van der Waals surface area contributed by atoms with Crippen molar-refractivity contribution in [3.63, 3.8) is 0 Å². The first kappa shape index (κ1) is 17.8. The van der Waals surface area contributed by atoms with Crippen LogP contribution in [0, 0.1) is 6.92 Å². The summed E-state index contributed by atoms with van der Waals surface area (Å²) in [6.07, 6.45) is 0. The second-order valence-corrected chi connectivity index (χ2v) is 5.92. The van der Waals surface area contributed by atoms with E-state index in [1.165, 1.54) is 11.8 Å². The Morgan fingerprint density at radius 2 is 1.79 bits per heavy atom. The molecule has 24 heavy (non-hydrogen) atoms. The Hall–Kier alpha value is -2.53. The standard InChI is InChI=1S/C18H20ClN3O2/c1-12-4-5-14(19)10-17(12)20-11-18(24)21-15-6-8-16(9-7-15)22(3)13(2)23/h4-10,20H,11H2,1-3H3,(H,21,24). The van der Waals surface area contributed by atoms with Gasteiger partial charge in [-0.1, -0.05) is 17.7 Å². The van der Waals surface area contributed by atoms with Gasteiger partial charge in [-0.15, -0.1) is 0 Å². The Morgan fingerprint density at radius 3 is 2.42 bits per heavy atom. The topological polar surface area (TPSA) is 61.4 Å². The third kappa shape index (κ3) is 4.73. The highest BCUT2D eigenvalue weighted by molar-refractivity contribution is 6.30. The van der Waals surface area contributed by atoms with Crippen LogP contribution >= 0.6 is 11.6 Å². The number of rotatable bonds is 5. The molecule has 5 nitrogen and oxygen atoms in total. The van der Waals surface area contributed by atoms with Crippen molar-refractivity contribution in [3.05, 3.63) is 53.1 Å². The van der Waals surface area contributed by atoms with Crippen LogP contribution in [0.3, 0.4) is 0 Å². The molecule has 0 atom stereocenters. The average molecular weight is 346 g/mol. The lowest BCUT2D eigenvalue weighted by Crippen LogP contribution is -2.23. The molecule has 2 rings (SSSR count). The predicted octanol–water partition coefficient (Wildman–Crippen LogP) is 3.68. The summed E-state index contributed by atoms with van der Waals surface area (Å²) in [4.78, 5) is 24.9. The Balaban J connectivity index is 1.92. The molecule has 2 aromatic rings. The molecule has 0 radical (unpaired) electrons. The summed E-state index contributed by atoms with van der Waals surface area (Å²) in [6.45, 7) is 3.58. The van der Waals surface area contributed by atoms with Crippen molar-refractivity contribution in [2.75, 3.05) is 29.1 Å². The Morgan fingerprint density at radius 1 is 1.12 bits per heavy atom. The summed E-state index contributed by atoms with van der Waals surface area (Å²) in [7, 11) is 1.70. The second kappa shape index (κ2) is 7.84. The number of nitrogens with zero attached hydrogens (tertiary/aromatic N) is 1. The van der Waals surface area contributed by atoms with E-state index in [-0.39, 0.29) is 18.4 Å². The van der Waals surface area contributed by atoms with Crippen molar-refractivity contribution in [2.45, 2.75) is 13.8 Å². The van der Waals surface area contributed by atoms with Gasteiger partial charge in [0.2, 0.25) is 11.8 Å². The van der Waals surface area contributed by atoms with Gasteiger partial charge >= 0.3 is 0 Å². The van der Waals surface area contributed by atoms with Crippen molar-refractivity contribution < 1.29 is 9.59 Å². The van der Waals surface area contributed by atoms with Crippen LogP contribution < -0.4 is 15.5 Å². The zero-order valence-electron chi connectivity index (χ0n) is 13.9. The fourth-order valence-corrected chi connectivity index (χ4v) is 2.29. The molecule has 0 bridgehead atoms. The van der Waals surface area contributed by atoms with Gasteiger partial charge in [0.1, 0.15) is 0 Å². The maximum Gasteiger partial charge on any atom is 0.243 e. The second-order valence-electron chi connectivity index (χ2n) is 5.49. The molecule has 0 aliphatic heterocycles. The molecule has 0 aliphatic carbocycles. The molecular weight excluding hydrogens is 326 g/mol. The maximum atomic E-state index is 12.0. The third-order valence-electron chi connectivity index (χ3n) is 3.65. The lowest BCUT2D eigenvalue weighted by Gasteiger charge is -2.15. The van der Waals surface area contributed by atoms with Gasteiger partial charge in [-0.05, 0) is 48.9 Å². The molecule has 0 spiro atoms. The molecule has 2 N–H and O–H groups in total. The number of hydrogen-bond donors (Lipinski definition) is 2. The van der Waals surface area contributed by atoms with E-state index in [0.717, 1.165) is 16.9 Å². The van der Waals surface area contributed by atoms with Crippen molar-refractivity contribution in [1.82, 2.24) is 0 Å². The molecular formula is C18H20ClN3O2. The van der Waals surface area contributed by atoms with Crippen LogP contribution in [0.2, 0.25) is 5.02 Å². The van der Waals surface area contributed by atoms with E-state index in [0.29, 0.717) is 10.7 Å². The molecule has 0 fully saturated rings. The molecule has 2 aromatic carbocycles. The Bertz CT molecular complexity index is 744. The lowest BCUT2D eigenvalue weighted by atomic mass is 10.2. The summed E-state index contributed by atoms with van der Waals surface area (Å²) in [5.41, 5.74) is 3.29. The average Bonchev–Trinajstić information content (AvgIpc) is 2.55. The molecule has 126 valence electrons. The number of anilines is 3. The summed E-state index contributed by atoms with van der Waals surface area (Å²) in [6, 6.07) is 12.6. The van der Waals surface area contributed by atoms with Gasteiger partial charge in [0.05, 0.1) is 6.54 Å². The monoisotopic (exact) mass is 345 g/mol. The van der Waals surface area contributed by atoms with Gasteiger partial charge in [0, 0.05) is 36.1 Å². The van der Waals surface area contributed by atoms with Gasteiger partial charge in [-0.3, -0.25) is 9.59 Å². The highest BCUT2D eigenvalue weighted by Gasteiger charge is 2.07. The SMILES string of the molecule is CC(=O)N(C)c1ccc(NC(=O)CNc2cc(Cl)ccc2C)cc1. The number of aryl methyl sites for hydroxylation is 1. The molecule has 0 unspecified atom stereocenters. The van der Waals surface area contributed by atoms with Crippen LogP contribution in [0.25, 0.3) is 0 Å². The van der Waals surface area contributed by atoms with E-state index in [1.807, 2.05) is 19.1 Å². The molecule has 2 amide bonds. The number of carbonyl (C=O) groups is 2. The number of nitrogens with one attached hydrogen (secondary N) is 2. The van der Waals surface area contributed by atoms with Crippen molar-refractivity contribution in [1.29, 1.82) is 0 Å². The van der Waals surface area contributed by atoms with Crippen LogP contribution in [-0.4, -0.2) is 25.4 Å². The number of halogens is 1. The number of carbonyl (C=O) groups excluding carboxylic acids is 2. The highest BCUT2D eigenvalue weighted by Crippen LogP contribution is 2.20. The summed E-state index contributed by atoms with van der Waals surface area (Å²) in [5, 5.41) is 6.49. The minimum atomic E-state index is -0.165. The van der Waals surface area contributed by atoms with E-state index < -0.39 is 0 Å². The number of benzene rings is 2. The van der Waals surface area contributed by atoms with E-state index in [2.05, 4.69) is 10.6 Å². The fraction of sp³-hybridized carbons (Fsp3) is 0.222. The normalized spacial score (nSPS) is 10.2. The highest BCUT2D eigenvalue weighted by atomic mass is 35.5. The molecule has 0 aliphatic rings. The fourth-order valence-electron chi connectivity index (χ4n) is 2.12. The van der Waals surface area contributed by atoms with E-state index in [4.69, 9.17) is 11.6 Å². The van der Waals surface area contributed by atoms with Crippen LogP contribution in [0.15, 0.2) is 42.5 Å². The quantitative estimate of drug-likeness (QED) is 0.869. The van der Waals surface area contributed by atoms with E-state index in [9.17, 15) is 9.59 Å². The summed E-state index contributed by atoms with van der Waals surface area (Å²) < 4.78 is 0. The maximum absolute atomic E-state index is 12.0. The third-order valence-corrected chi connectivity index (χ3v) is 3.88. The Kier molecular flexibility index (Phi) is 5.82. The van der Waals surface area contributed by atoms with Crippen molar-refractivity contribution >= 4 is 40.5 Å². The molecule has 0 aromatic heterocycles. The molecule has 0 saturated heterocycles. The van der Waals surface area contributed by atoms with Gasteiger partial charge in [-0.25, -0.2) is 0 Å². The number of hydrogen-bond acceptors (Lipinski definition) is 3. The first-order valence-electron chi connectivity index (χ1n) is 7.51. The van der Waals surface area contributed by atoms with Crippen molar-refractivity contribution in [3.8, 4) is 0 Å². The van der Waals surface area contributed by atoms with Crippen molar-refractivity contribution in [2.24, 2.45) is 0 Å². The van der Waals surface area contributed by atoms with E-state index >= 15 is 0 Å². The van der Waals surface area contributed by atoms with Gasteiger partial charge in [0.25, 0.3) is 0 Å². The van der Waals surface area contributed by atoms with Crippen LogP contribution in [0.4, 0.5) is 17.1 Å². The number of amides is 2. The smallest absolute Gasteiger partial charge is 0.243 e. The minimum absolute atomic E-state index is 0.0483. The summed E-state index contributed by atoms with van der Waals surface area (Å²) >= 11 is 5.96. The Labute approximate surface area is 146 Å². The van der Waals surface area contributed by atoms with Crippen LogP contribution in [0.1, 0.15) is 12.5 Å². The molecule has 6 heteroatoms. The lowest BCUT2D eigenvalue weighted by molar-refractivity contribution is -0.116. The zero-order valence-corrected chi connectivity index (χ0v) is 14.6. The molecule has 0 saturated carbocycles. The zero-order chi connectivity index (χ0) is 17.7. The predicted molar refractivity (Wildman–Crippen MR) is 98.8 cm³/mol. The van der Waals surface area contributed by atoms with Gasteiger partial charge in [0.15, 0.2) is 0 Å². The first-order chi connectivity index (χ1) is 11.4. The van der Waals surface area contributed by atoms with Gasteiger partial charge < -0.3 is 15.5 Å². The minimum Gasteiger partial charge on any atom is -0.376 e.